The number of nitrogens with one attached hydrogen (secondary N) is 2. The van der Waals surface area contributed by atoms with Crippen molar-refractivity contribution in [3.63, 3.8) is 0 Å². The van der Waals surface area contributed by atoms with Crippen LogP contribution < -0.4 is 10.9 Å². The minimum Gasteiger partial charge on any atom is -0.270 e. The lowest BCUT2D eigenvalue weighted by atomic mass is 10.2. The van der Waals surface area contributed by atoms with E-state index in [-0.39, 0.29) is 12.3 Å². The Kier molecular flexibility index (Phi) is 2.19. The van der Waals surface area contributed by atoms with Crippen LogP contribution in [0.5, 0.6) is 0 Å². The van der Waals surface area contributed by atoms with Crippen LogP contribution in [0.3, 0.4) is 0 Å². The van der Waals surface area contributed by atoms with Crippen LogP contribution in [-0.2, 0) is 14.3 Å². The molecule has 1 aliphatic heterocycles. The summed E-state index contributed by atoms with van der Waals surface area (Å²) < 4.78 is 25.5. The van der Waals surface area contributed by atoms with Gasteiger partial charge in [-0.1, -0.05) is 0 Å². The molecule has 0 aliphatic carbocycles. The van der Waals surface area contributed by atoms with E-state index in [4.69, 9.17) is 0 Å². The van der Waals surface area contributed by atoms with Gasteiger partial charge >= 0.3 is 0 Å². The van der Waals surface area contributed by atoms with Crippen LogP contribution in [0.15, 0.2) is 0 Å². The van der Waals surface area contributed by atoms with Gasteiger partial charge in [0.1, 0.15) is 0 Å². The summed E-state index contributed by atoms with van der Waals surface area (Å²) in [5, 5.41) is 0. The van der Waals surface area contributed by atoms with Crippen LogP contribution in [0.25, 0.3) is 0 Å². The van der Waals surface area contributed by atoms with E-state index in [0.29, 0.717) is 6.42 Å². The zero-order valence-electron chi connectivity index (χ0n) is 6.55. The maximum atomic E-state index is 10.5. The second-order valence-corrected chi connectivity index (χ2v) is 4.50. The van der Waals surface area contributed by atoms with Crippen molar-refractivity contribution in [1.82, 2.24) is 10.9 Å². The van der Waals surface area contributed by atoms with Gasteiger partial charge in [-0.3, -0.25) is 4.18 Å². The molecule has 0 aromatic carbocycles. The Bertz CT molecular complexity index is 232. The summed E-state index contributed by atoms with van der Waals surface area (Å²) in [5.74, 6) is 0. The van der Waals surface area contributed by atoms with E-state index in [9.17, 15) is 8.42 Å². The average Bonchev–Trinajstić information content (AvgIpc) is 2.44. The predicted octanol–water partition coefficient (Wildman–Crippen LogP) is -0.823. The first-order valence-corrected chi connectivity index (χ1v) is 5.12. The van der Waals surface area contributed by atoms with Crippen LogP contribution in [0, 0.1) is 0 Å². The summed E-state index contributed by atoms with van der Waals surface area (Å²) in [4.78, 5) is 0. The number of rotatable bonds is 4. The van der Waals surface area contributed by atoms with Crippen LogP contribution in [0.2, 0.25) is 0 Å². The van der Waals surface area contributed by atoms with E-state index in [1.54, 1.807) is 0 Å². The molecule has 0 atom stereocenters. The fourth-order valence-corrected chi connectivity index (χ4v) is 1.01. The Morgan fingerprint density at radius 2 is 2.00 bits per heavy atom. The van der Waals surface area contributed by atoms with Crippen molar-refractivity contribution < 1.29 is 12.6 Å². The maximum Gasteiger partial charge on any atom is 0.264 e. The molecule has 0 radical (unpaired) electrons. The first-order chi connectivity index (χ1) is 4.91. The van der Waals surface area contributed by atoms with Gasteiger partial charge in [0, 0.05) is 6.42 Å². The zero-order valence-corrected chi connectivity index (χ0v) is 7.36. The van der Waals surface area contributed by atoms with Gasteiger partial charge in [-0.25, -0.2) is 10.9 Å². The van der Waals surface area contributed by atoms with Crippen LogP contribution >= 0.6 is 0 Å². The molecule has 1 aliphatic rings. The third kappa shape index (κ3) is 3.66. The molecule has 0 amide bonds. The molecule has 0 spiro atoms. The van der Waals surface area contributed by atoms with Crippen molar-refractivity contribution in [2.24, 2.45) is 0 Å². The quantitative estimate of drug-likeness (QED) is 0.436. The maximum absolute atomic E-state index is 10.5. The highest BCUT2D eigenvalue weighted by Crippen LogP contribution is 2.13. The smallest absolute Gasteiger partial charge is 0.264 e. The Morgan fingerprint density at radius 1 is 1.45 bits per heavy atom. The highest BCUT2D eigenvalue weighted by molar-refractivity contribution is 7.85. The molecule has 1 fully saturated rings. The molecule has 1 rings (SSSR count). The van der Waals surface area contributed by atoms with Crippen molar-refractivity contribution in [1.29, 1.82) is 0 Å². The lowest BCUT2D eigenvalue weighted by molar-refractivity contribution is 0.299. The molecule has 0 saturated carbocycles. The summed E-state index contributed by atoms with van der Waals surface area (Å²) in [6.45, 7) is 2.15. The molecule has 6 heteroatoms. The summed E-state index contributed by atoms with van der Waals surface area (Å²) in [7, 11) is -3.27. The fraction of sp³-hybridized carbons (Fsp3) is 1.00. The molecular weight excluding hydrogens is 168 g/mol. The van der Waals surface area contributed by atoms with Crippen LogP contribution in [0.1, 0.15) is 13.3 Å². The Morgan fingerprint density at radius 3 is 2.36 bits per heavy atom. The third-order valence-corrected chi connectivity index (χ3v) is 2.05. The van der Waals surface area contributed by atoms with Gasteiger partial charge in [-0.2, -0.15) is 8.42 Å². The Labute approximate surface area is 66.2 Å². The third-order valence-electron chi connectivity index (χ3n) is 1.45. The van der Waals surface area contributed by atoms with E-state index in [1.807, 2.05) is 6.92 Å². The standard InChI is InChI=1S/C5H12N2O3S/c1-5(6-7-5)3-4-10-11(2,8)9/h6-7H,3-4H2,1-2H3. The van der Waals surface area contributed by atoms with Gasteiger partial charge < -0.3 is 0 Å². The van der Waals surface area contributed by atoms with Gasteiger partial charge in [-0.15, -0.1) is 0 Å². The molecule has 0 aromatic rings. The van der Waals surface area contributed by atoms with E-state index in [1.165, 1.54) is 0 Å². The largest absolute Gasteiger partial charge is 0.270 e. The summed E-state index contributed by atoms with van der Waals surface area (Å²) in [6, 6.07) is 0. The number of hydrogen-bond donors (Lipinski definition) is 2. The molecule has 2 N–H and O–H groups in total. The first kappa shape index (κ1) is 8.92. The van der Waals surface area contributed by atoms with Gasteiger partial charge in [0.05, 0.1) is 18.5 Å². The highest BCUT2D eigenvalue weighted by atomic mass is 32.2. The number of hydrogen-bond acceptors (Lipinski definition) is 5. The molecule has 0 unspecified atom stereocenters. The van der Waals surface area contributed by atoms with E-state index in [0.717, 1.165) is 6.26 Å². The summed E-state index contributed by atoms with van der Waals surface area (Å²) >= 11 is 0. The molecule has 5 nitrogen and oxygen atoms in total. The zero-order chi connectivity index (χ0) is 8.54. The fourth-order valence-electron chi connectivity index (χ4n) is 0.629. The van der Waals surface area contributed by atoms with Gasteiger partial charge in [0.25, 0.3) is 10.1 Å². The van der Waals surface area contributed by atoms with Crippen molar-refractivity contribution in [3.05, 3.63) is 0 Å². The predicted molar refractivity (Wildman–Crippen MR) is 40.1 cm³/mol. The lowest BCUT2D eigenvalue weighted by Gasteiger charge is -2.03. The topological polar surface area (TPSA) is 87.2 Å². The van der Waals surface area contributed by atoms with Gasteiger partial charge in [0.15, 0.2) is 0 Å². The van der Waals surface area contributed by atoms with Crippen molar-refractivity contribution in [2.45, 2.75) is 19.0 Å². The molecule has 0 aromatic heterocycles. The van der Waals surface area contributed by atoms with Crippen molar-refractivity contribution in [3.8, 4) is 0 Å². The monoisotopic (exact) mass is 180 g/mol. The molecule has 11 heavy (non-hydrogen) atoms. The second kappa shape index (κ2) is 2.71. The molecule has 66 valence electrons. The average molecular weight is 180 g/mol. The van der Waals surface area contributed by atoms with Gasteiger partial charge in [-0.05, 0) is 6.92 Å². The normalized spacial score (nSPS) is 21.6. The van der Waals surface area contributed by atoms with Crippen molar-refractivity contribution in [2.75, 3.05) is 12.9 Å². The molecule has 1 heterocycles. The van der Waals surface area contributed by atoms with Crippen molar-refractivity contribution >= 4 is 10.1 Å². The van der Waals surface area contributed by atoms with Gasteiger partial charge in [0.2, 0.25) is 0 Å². The number of hydrazine groups is 1. The molecule has 1 saturated heterocycles. The summed E-state index contributed by atoms with van der Waals surface area (Å²) in [6.07, 6.45) is 1.68. The van der Waals surface area contributed by atoms with E-state index in [2.05, 4.69) is 15.0 Å². The highest BCUT2D eigenvalue weighted by Gasteiger charge is 2.35. The minimum atomic E-state index is -3.27. The minimum absolute atomic E-state index is 0.120. The molecular formula is C5H12N2O3S. The second-order valence-electron chi connectivity index (χ2n) is 2.86. The summed E-state index contributed by atoms with van der Waals surface area (Å²) in [5.41, 5.74) is 5.62. The Balaban J connectivity index is 2.15. The van der Waals surface area contributed by atoms with E-state index >= 15 is 0 Å². The van der Waals surface area contributed by atoms with Crippen LogP contribution in [-0.4, -0.2) is 26.9 Å². The SMILES string of the molecule is CC1(CCOS(C)(=O)=O)NN1. The lowest BCUT2D eigenvalue weighted by Crippen LogP contribution is -2.16. The van der Waals surface area contributed by atoms with Crippen LogP contribution in [0.4, 0.5) is 0 Å². The Hall–Kier alpha value is -0.170. The molecule has 0 bridgehead atoms. The van der Waals surface area contributed by atoms with E-state index < -0.39 is 10.1 Å². The first-order valence-electron chi connectivity index (χ1n) is 3.30.